The van der Waals surface area contributed by atoms with Gasteiger partial charge < -0.3 is 10.6 Å². The van der Waals surface area contributed by atoms with Gasteiger partial charge in [-0.2, -0.15) is 0 Å². The van der Waals surface area contributed by atoms with E-state index in [-0.39, 0.29) is 11.8 Å². The van der Waals surface area contributed by atoms with Gasteiger partial charge in [0.05, 0.1) is 0 Å². The van der Waals surface area contributed by atoms with Crippen molar-refractivity contribution < 1.29 is 4.79 Å². The van der Waals surface area contributed by atoms with Gasteiger partial charge >= 0.3 is 0 Å². The van der Waals surface area contributed by atoms with E-state index >= 15 is 0 Å². The number of rotatable bonds is 2. The Bertz CT molecular complexity index is 476. The van der Waals surface area contributed by atoms with Crippen molar-refractivity contribution in [2.75, 3.05) is 11.9 Å². The van der Waals surface area contributed by atoms with E-state index in [1.54, 1.807) is 0 Å². The van der Waals surface area contributed by atoms with Gasteiger partial charge in [-0.05, 0) is 44.5 Å². The van der Waals surface area contributed by atoms with Gasteiger partial charge in [0.2, 0.25) is 5.91 Å². The van der Waals surface area contributed by atoms with Crippen LogP contribution in [-0.2, 0) is 4.79 Å². The average molecular weight is 242 g/mol. The van der Waals surface area contributed by atoms with Crippen molar-refractivity contribution in [2.24, 2.45) is 5.92 Å². The molecular formula is C15H18N2O. The maximum atomic E-state index is 12.1. The molecule has 0 aromatic heterocycles. The largest absolute Gasteiger partial charge is 0.326 e. The standard InChI is InChI=1S/C15H18N2O/c1-3-12-5-4-6-14(10-12)17-15(18)13-7-8-16-11(2)9-13/h1,4-6,10-11,13,16H,7-9H2,2H3,(H,17,18). The zero-order valence-electron chi connectivity index (χ0n) is 10.6. The van der Waals surface area contributed by atoms with Crippen molar-refractivity contribution in [3.05, 3.63) is 29.8 Å². The number of anilines is 1. The summed E-state index contributed by atoms with van der Waals surface area (Å²) in [7, 11) is 0. The molecule has 1 heterocycles. The molecule has 1 saturated heterocycles. The Morgan fingerprint density at radius 1 is 1.56 bits per heavy atom. The van der Waals surface area contributed by atoms with Crippen LogP contribution < -0.4 is 10.6 Å². The summed E-state index contributed by atoms with van der Waals surface area (Å²) in [6.07, 6.45) is 7.12. The fourth-order valence-electron chi connectivity index (χ4n) is 2.30. The number of carbonyl (C=O) groups is 1. The lowest BCUT2D eigenvalue weighted by Crippen LogP contribution is -2.40. The number of nitrogens with one attached hydrogen (secondary N) is 2. The molecule has 0 radical (unpaired) electrons. The predicted octanol–water partition coefficient (Wildman–Crippen LogP) is 1.99. The maximum absolute atomic E-state index is 12.1. The molecule has 2 N–H and O–H groups in total. The molecule has 2 unspecified atom stereocenters. The lowest BCUT2D eigenvalue weighted by molar-refractivity contribution is -0.120. The third-order valence-corrected chi connectivity index (χ3v) is 3.29. The van der Waals surface area contributed by atoms with Crippen molar-refractivity contribution in [3.63, 3.8) is 0 Å². The molecule has 1 amide bonds. The molecule has 3 heteroatoms. The van der Waals surface area contributed by atoms with E-state index in [0.717, 1.165) is 30.6 Å². The summed E-state index contributed by atoms with van der Waals surface area (Å²) in [5.74, 6) is 2.75. The van der Waals surface area contributed by atoms with E-state index in [2.05, 4.69) is 23.5 Å². The van der Waals surface area contributed by atoms with Gasteiger partial charge in [-0.3, -0.25) is 4.79 Å². The van der Waals surface area contributed by atoms with Crippen LogP contribution >= 0.6 is 0 Å². The molecule has 1 aromatic rings. The number of hydrogen-bond donors (Lipinski definition) is 2. The molecule has 1 fully saturated rings. The van der Waals surface area contributed by atoms with Crippen molar-refractivity contribution in [2.45, 2.75) is 25.8 Å². The second-order valence-electron chi connectivity index (χ2n) is 4.79. The molecule has 2 rings (SSSR count). The first-order valence-corrected chi connectivity index (χ1v) is 6.30. The highest BCUT2D eigenvalue weighted by Gasteiger charge is 2.24. The van der Waals surface area contributed by atoms with Crippen molar-refractivity contribution in [1.29, 1.82) is 0 Å². The molecule has 0 saturated carbocycles. The molecule has 1 aliphatic rings. The minimum atomic E-state index is 0.0933. The highest BCUT2D eigenvalue weighted by molar-refractivity contribution is 5.92. The number of amides is 1. The Morgan fingerprint density at radius 3 is 3.11 bits per heavy atom. The number of piperidine rings is 1. The maximum Gasteiger partial charge on any atom is 0.227 e. The molecular weight excluding hydrogens is 224 g/mol. The van der Waals surface area contributed by atoms with Crippen molar-refractivity contribution in [3.8, 4) is 12.3 Å². The van der Waals surface area contributed by atoms with Gasteiger partial charge in [0, 0.05) is 23.2 Å². The van der Waals surface area contributed by atoms with Crippen LogP contribution in [0.15, 0.2) is 24.3 Å². The van der Waals surface area contributed by atoms with Gasteiger partial charge in [0.1, 0.15) is 0 Å². The monoisotopic (exact) mass is 242 g/mol. The predicted molar refractivity (Wildman–Crippen MR) is 73.2 cm³/mol. The van der Waals surface area contributed by atoms with Crippen LogP contribution in [0.4, 0.5) is 5.69 Å². The molecule has 0 bridgehead atoms. The smallest absolute Gasteiger partial charge is 0.227 e. The summed E-state index contributed by atoms with van der Waals surface area (Å²) < 4.78 is 0. The first-order valence-electron chi connectivity index (χ1n) is 6.30. The van der Waals surface area contributed by atoms with Crippen molar-refractivity contribution >= 4 is 11.6 Å². The zero-order chi connectivity index (χ0) is 13.0. The van der Waals surface area contributed by atoms with Gasteiger partial charge in [-0.25, -0.2) is 0 Å². The highest BCUT2D eigenvalue weighted by atomic mass is 16.1. The van der Waals surface area contributed by atoms with Crippen molar-refractivity contribution in [1.82, 2.24) is 5.32 Å². The first-order chi connectivity index (χ1) is 8.69. The minimum Gasteiger partial charge on any atom is -0.326 e. The molecule has 3 nitrogen and oxygen atoms in total. The first kappa shape index (κ1) is 12.7. The average Bonchev–Trinajstić information content (AvgIpc) is 2.39. The number of terminal acetylenes is 1. The summed E-state index contributed by atoms with van der Waals surface area (Å²) in [5.41, 5.74) is 1.56. The van der Waals surface area contributed by atoms with E-state index in [1.807, 2.05) is 24.3 Å². The molecule has 1 aromatic carbocycles. The van der Waals surface area contributed by atoms with E-state index < -0.39 is 0 Å². The molecule has 18 heavy (non-hydrogen) atoms. The van der Waals surface area contributed by atoms with Crippen LogP contribution in [0, 0.1) is 18.3 Å². The van der Waals surface area contributed by atoms with E-state index in [9.17, 15) is 4.79 Å². The summed E-state index contributed by atoms with van der Waals surface area (Å²) >= 11 is 0. The number of benzene rings is 1. The highest BCUT2D eigenvalue weighted by Crippen LogP contribution is 2.19. The van der Waals surface area contributed by atoms with E-state index in [1.165, 1.54) is 0 Å². The third-order valence-electron chi connectivity index (χ3n) is 3.29. The Balaban J connectivity index is 2.00. The molecule has 94 valence electrons. The van der Waals surface area contributed by atoms with Gasteiger partial charge in [0.15, 0.2) is 0 Å². The fraction of sp³-hybridized carbons (Fsp3) is 0.400. The molecule has 1 aliphatic heterocycles. The number of carbonyl (C=O) groups excluding carboxylic acids is 1. The van der Waals surface area contributed by atoms with Crippen LogP contribution in [0.5, 0.6) is 0 Å². The quantitative estimate of drug-likeness (QED) is 0.779. The third kappa shape index (κ3) is 3.12. The number of hydrogen-bond acceptors (Lipinski definition) is 2. The SMILES string of the molecule is C#Cc1cccc(NC(=O)C2CCNC(C)C2)c1. The summed E-state index contributed by atoms with van der Waals surface area (Å²) in [6, 6.07) is 7.80. The van der Waals surface area contributed by atoms with Crippen LogP contribution in [0.25, 0.3) is 0 Å². The van der Waals surface area contributed by atoms with Gasteiger partial charge in [-0.15, -0.1) is 6.42 Å². The van der Waals surface area contributed by atoms with Gasteiger partial charge in [-0.1, -0.05) is 12.0 Å². The topological polar surface area (TPSA) is 41.1 Å². The van der Waals surface area contributed by atoms with E-state index in [0.29, 0.717) is 6.04 Å². The Morgan fingerprint density at radius 2 is 2.39 bits per heavy atom. The fourth-order valence-corrected chi connectivity index (χ4v) is 2.30. The normalized spacial score (nSPS) is 23.1. The lowest BCUT2D eigenvalue weighted by Gasteiger charge is -2.27. The second kappa shape index (κ2) is 5.70. The Kier molecular flexibility index (Phi) is 4.01. The van der Waals surface area contributed by atoms with Crippen LogP contribution in [0.1, 0.15) is 25.3 Å². The Labute approximate surface area is 108 Å². The Hall–Kier alpha value is -1.79. The second-order valence-corrected chi connectivity index (χ2v) is 4.79. The molecule has 0 spiro atoms. The van der Waals surface area contributed by atoms with E-state index in [4.69, 9.17) is 6.42 Å². The minimum absolute atomic E-state index is 0.0933. The van der Waals surface area contributed by atoms with Crippen LogP contribution in [-0.4, -0.2) is 18.5 Å². The van der Waals surface area contributed by atoms with Crippen LogP contribution in [0.2, 0.25) is 0 Å². The molecule has 2 atom stereocenters. The molecule has 0 aliphatic carbocycles. The van der Waals surface area contributed by atoms with Gasteiger partial charge in [0.25, 0.3) is 0 Å². The summed E-state index contributed by atoms with van der Waals surface area (Å²) in [5, 5.41) is 6.29. The van der Waals surface area contributed by atoms with Crippen LogP contribution in [0.3, 0.4) is 0 Å². The summed E-state index contributed by atoms with van der Waals surface area (Å²) in [6.45, 7) is 3.02. The summed E-state index contributed by atoms with van der Waals surface area (Å²) in [4.78, 5) is 12.1. The lowest BCUT2D eigenvalue weighted by atomic mass is 9.92. The zero-order valence-corrected chi connectivity index (χ0v) is 10.6.